The van der Waals surface area contributed by atoms with E-state index in [1.165, 1.54) is 32.4 Å². The second-order valence-corrected chi connectivity index (χ2v) is 6.94. The number of nitrogens with zero attached hydrogens (tertiary/aromatic N) is 4. The topological polar surface area (TPSA) is 63.2 Å². The second kappa shape index (κ2) is 7.89. The number of aromatic nitrogens is 3. The van der Waals surface area contributed by atoms with Crippen LogP contribution in [0.25, 0.3) is 0 Å². The van der Waals surface area contributed by atoms with Crippen LogP contribution in [-0.4, -0.2) is 52.2 Å². The molecular formula is C19H25N5O. The van der Waals surface area contributed by atoms with Crippen molar-refractivity contribution in [1.82, 2.24) is 19.9 Å². The summed E-state index contributed by atoms with van der Waals surface area (Å²) in [4.78, 5) is 15.7. The standard InChI is InChI=1S/C19H25N5O/c1-2-7-20-18(3-1)23-19-12-16(21-14-22-19)11-15-4-8-24(9-5-15)17-6-10-25-13-17/h1-3,7,12,14-15,17H,4-6,8-11,13H2,(H,20,21,22,23). The van der Waals surface area contributed by atoms with Crippen molar-refractivity contribution in [3.63, 3.8) is 0 Å². The minimum atomic E-state index is 0.647. The van der Waals surface area contributed by atoms with Gasteiger partial charge in [0, 0.05) is 30.6 Å². The average Bonchev–Trinajstić information content (AvgIpc) is 3.18. The maximum atomic E-state index is 5.52. The van der Waals surface area contributed by atoms with Crippen molar-refractivity contribution in [2.45, 2.75) is 31.7 Å². The quantitative estimate of drug-likeness (QED) is 0.903. The summed E-state index contributed by atoms with van der Waals surface area (Å²) in [5.41, 5.74) is 1.11. The molecule has 2 aromatic heterocycles. The van der Waals surface area contributed by atoms with Crippen molar-refractivity contribution in [3.05, 3.63) is 42.5 Å². The second-order valence-electron chi connectivity index (χ2n) is 6.94. The molecule has 2 fully saturated rings. The van der Waals surface area contributed by atoms with Crippen LogP contribution >= 0.6 is 0 Å². The number of pyridine rings is 1. The Hall–Kier alpha value is -2.05. The molecule has 4 heterocycles. The molecule has 1 atom stereocenters. The molecule has 2 aliphatic heterocycles. The molecule has 2 saturated heterocycles. The number of piperidine rings is 1. The summed E-state index contributed by atoms with van der Waals surface area (Å²) in [7, 11) is 0. The summed E-state index contributed by atoms with van der Waals surface area (Å²) in [6, 6.07) is 8.49. The molecule has 6 nitrogen and oxygen atoms in total. The fraction of sp³-hybridized carbons (Fsp3) is 0.526. The normalized spacial score (nSPS) is 22.2. The third-order valence-electron chi connectivity index (χ3n) is 5.21. The van der Waals surface area contributed by atoms with Gasteiger partial charge in [-0.15, -0.1) is 0 Å². The van der Waals surface area contributed by atoms with Gasteiger partial charge in [0.2, 0.25) is 0 Å². The van der Waals surface area contributed by atoms with E-state index in [0.717, 1.165) is 37.0 Å². The van der Waals surface area contributed by atoms with Gasteiger partial charge in [-0.3, -0.25) is 4.90 Å². The fourth-order valence-corrected chi connectivity index (χ4v) is 3.77. The van der Waals surface area contributed by atoms with Crippen molar-refractivity contribution in [2.75, 3.05) is 31.6 Å². The minimum Gasteiger partial charge on any atom is -0.380 e. The molecule has 25 heavy (non-hydrogen) atoms. The lowest BCUT2D eigenvalue weighted by Crippen LogP contribution is -2.42. The third kappa shape index (κ3) is 4.32. The molecule has 1 unspecified atom stereocenters. The van der Waals surface area contributed by atoms with Crippen LogP contribution in [0.2, 0.25) is 0 Å². The Morgan fingerprint density at radius 2 is 2.00 bits per heavy atom. The zero-order chi connectivity index (χ0) is 16.9. The van der Waals surface area contributed by atoms with Crippen LogP contribution in [0.3, 0.4) is 0 Å². The van der Waals surface area contributed by atoms with Crippen molar-refractivity contribution in [1.29, 1.82) is 0 Å². The Balaban J connectivity index is 1.31. The zero-order valence-corrected chi connectivity index (χ0v) is 14.5. The van der Waals surface area contributed by atoms with Crippen LogP contribution in [0, 0.1) is 5.92 Å². The van der Waals surface area contributed by atoms with Gasteiger partial charge in [-0.2, -0.15) is 0 Å². The van der Waals surface area contributed by atoms with Crippen LogP contribution in [0.5, 0.6) is 0 Å². The summed E-state index contributed by atoms with van der Waals surface area (Å²) < 4.78 is 5.52. The highest BCUT2D eigenvalue weighted by molar-refractivity contribution is 5.50. The van der Waals surface area contributed by atoms with Gasteiger partial charge < -0.3 is 10.1 Å². The Morgan fingerprint density at radius 3 is 2.76 bits per heavy atom. The highest BCUT2D eigenvalue weighted by atomic mass is 16.5. The largest absolute Gasteiger partial charge is 0.380 e. The molecule has 0 aromatic carbocycles. The summed E-state index contributed by atoms with van der Waals surface area (Å²) in [5.74, 6) is 2.32. The van der Waals surface area contributed by atoms with Crippen molar-refractivity contribution < 1.29 is 4.74 Å². The lowest BCUT2D eigenvalue weighted by Gasteiger charge is -2.35. The molecule has 6 heteroatoms. The molecule has 0 saturated carbocycles. The fourth-order valence-electron chi connectivity index (χ4n) is 3.77. The van der Waals surface area contributed by atoms with E-state index in [-0.39, 0.29) is 0 Å². The predicted octanol–water partition coefficient (Wildman–Crippen LogP) is 2.66. The number of anilines is 2. The van der Waals surface area contributed by atoms with E-state index in [2.05, 4.69) is 25.2 Å². The molecule has 0 bridgehead atoms. The Kier molecular flexibility index (Phi) is 5.18. The zero-order valence-electron chi connectivity index (χ0n) is 14.5. The monoisotopic (exact) mass is 339 g/mol. The number of rotatable bonds is 5. The molecule has 2 aromatic rings. The van der Waals surface area contributed by atoms with Gasteiger partial charge in [0.25, 0.3) is 0 Å². The van der Waals surface area contributed by atoms with E-state index < -0.39 is 0 Å². The first-order chi connectivity index (χ1) is 12.4. The molecule has 132 valence electrons. The molecule has 0 radical (unpaired) electrons. The van der Waals surface area contributed by atoms with Crippen molar-refractivity contribution >= 4 is 11.6 Å². The number of nitrogens with one attached hydrogen (secondary N) is 1. The maximum absolute atomic E-state index is 5.52. The van der Waals surface area contributed by atoms with E-state index in [1.807, 2.05) is 24.3 Å². The number of hydrogen-bond acceptors (Lipinski definition) is 6. The van der Waals surface area contributed by atoms with Gasteiger partial charge in [-0.25, -0.2) is 15.0 Å². The molecular weight excluding hydrogens is 314 g/mol. The molecule has 0 spiro atoms. The van der Waals surface area contributed by atoms with Crippen molar-refractivity contribution in [3.8, 4) is 0 Å². The van der Waals surface area contributed by atoms with Gasteiger partial charge in [0.15, 0.2) is 0 Å². The van der Waals surface area contributed by atoms with Crippen molar-refractivity contribution in [2.24, 2.45) is 5.92 Å². The first-order valence-electron chi connectivity index (χ1n) is 9.17. The first kappa shape index (κ1) is 16.4. The number of likely N-dealkylation sites (tertiary alicyclic amines) is 1. The van der Waals surface area contributed by atoms with Gasteiger partial charge in [-0.1, -0.05) is 6.07 Å². The summed E-state index contributed by atoms with van der Waals surface area (Å²) >= 11 is 0. The van der Waals surface area contributed by atoms with E-state index in [1.54, 1.807) is 12.5 Å². The predicted molar refractivity (Wildman–Crippen MR) is 96.8 cm³/mol. The number of hydrogen-bond donors (Lipinski definition) is 1. The van der Waals surface area contributed by atoms with E-state index in [9.17, 15) is 0 Å². The lowest BCUT2D eigenvalue weighted by atomic mass is 9.91. The van der Waals surface area contributed by atoms with Gasteiger partial charge in [-0.05, 0) is 56.8 Å². The molecule has 2 aliphatic rings. The van der Waals surface area contributed by atoms with Crippen LogP contribution < -0.4 is 5.32 Å². The minimum absolute atomic E-state index is 0.647. The van der Waals surface area contributed by atoms with E-state index in [4.69, 9.17) is 4.74 Å². The highest BCUT2D eigenvalue weighted by Crippen LogP contribution is 2.25. The SMILES string of the molecule is c1ccc(Nc2cc(CC3CCN(C4CCOC4)CC3)ncn2)nc1. The van der Waals surface area contributed by atoms with Crippen LogP contribution in [-0.2, 0) is 11.2 Å². The summed E-state index contributed by atoms with van der Waals surface area (Å²) in [6.07, 6.45) is 8.11. The molecule has 4 rings (SSSR count). The smallest absolute Gasteiger partial charge is 0.135 e. The third-order valence-corrected chi connectivity index (χ3v) is 5.21. The molecule has 0 amide bonds. The van der Waals surface area contributed by atoms with Crippen LogP contribution in [0.15, 0.2) is 36.8 Å². The average molecular weight is 339 g/mol. The molecule has 0 aliphatic carbocycles. The van der Waals surface area contributed by atoms with Crippen LogP contribution in [0.1, 0.15) is 25.0 Å². The Morgan fingerprint density at radius 1 is 1.08 bits per heavy atom. The highest BCUT2D eigenvalue weighted by Gasteiger charge is 2.27. The number of ether oxygens (including phenoxy) is 1. The van der Waals surface area contributed by atoms with Gasteiger partial charge >= 0.3 is 0 Å². The van der Waals surface area contributed by atoms with E-state index in [0.29, 0.717) is 12.0 Å². The first-order valence-corrected chi connectivity index (χ1v) is 9.17. The molecule has 1 N–H and O–H groups in total. The van der Waals surface area contributed by atoms with Gasteiger partial charge in [0.1, 0.15) is 18.0 Å². The summed E-state index contributed by atoms with van der Waals surface area (Å²) in [6.45, 7) is 4.21. The Bertz CT molecular complexity index is 667. The Labute approximate surface area is 148 Å². The lowest BCUT2D eigenvalue weighted by molar-refractivity contribution is 0.110. The summed E-state index contributed by atoms with van der Waals surface area (Å²) in [5, 5.41) is 3.24. The van der Waals surface area contributed by atoms with E-state index >= 15 is 0 Å². The van der Waals surface area contributed by atoms with Gasteiger partial charge in [0.05, 0.1) is 6.61 Å². The van der Waals surface area contributed by atoms with Crippen LogP contribution in [0.4, 0.5) is 11.6 Å². The maximum Gasteiger partial charge on any atom is 0.135 e.